The molecule has 204 valence electrons. The van der Waals surface area contributed by atoms with Crippen molar-refractivity contribution >= 4 is 23.2 Å². The Morgan fingerprint density at radius 2 is 1.93 bits per heavy atom. The van der Waals surface area contributed by atoms with E-state index in [1.54, 1.807) is 35.8 Å². The Kier molecular flexibility index (Phi) is 6.29. The van der Waals surface area contributed by atoms with Crippen LogP contribution in [-0.2, 0) is 11.4 Å². The molecule has 0 aliphatic carbocycles. The number of carbonyl (C=O) groups excluding carboxylic acids is 1. The maximum Gasteiger partial charge on any atom is 0.270 e. The SMILES string of the molecule is COc1ccc(/C=c2/sc3n(c2=O)[C@H]2c4ccccc4O[C@@](C)(N=3)[C@H]2C(C)=O)cc1COc1ccc(F)cc1F. The first-order valence-electron chi connectivity index (χ1n) is 12.5. The normalized spacial score (nSPS) is 21.1. The largest absolute Gasteiger partial charge is 0.496 e. The molecule has 6 rings (SSSR count). The third-order valence-corrected chi connectivity index (χ3v) is 8.18. The molecule has 4 aromatic rings. The first kappa shape index (κ1) is 25.9. The number of rotatable bonds is 6. The van der Waals surface area contributed by atoms with Crippen LogP contribution in [0.5, 0.6) is 17.2 Å². The molecule has 0 saturated heterocycles. The molecule has 2 aliphatic heterocycles. The zero-order valence-corrected chi connectivity index (χ0v) is 22.6. The number of Topliss-reactive ketones (excluding diaryl/α,β-unsaturated/α-hetero) is 1. The second kappa shape index (κ2) is 9.71. The zero-order chi connectivity index (χ0) is 28.2. The molecule has 2 bridgehead atoms. The molecule has 0 radical (unpaired) electrons. The van der Waals surface area contributed by atoms with E-state index in [1.807, 2.05) is 24.3 Å². The number of ketones is 1. The van der Waals surface area contributed by atoms with E-state index in [-0.39, 0.29) is 23.7 Å². The van der Waals surface area contributed by atoms with Gasteiger partial charge in [-0.2, -0.15) is 0 Å². The summed E-state index contributed by atoms with van der Waals surface area (Å²) >= 11 is 1.22. The van der Waals surface area contributed by atoms with Gasteiger partial charge < -0.3 is 14.2 Å². The summed E-state index contributed by atoms with van der Waals surface area (Å²) in [5.74, 6) is -1.26. The van der Waals surface area contributed by atoms with Crippen LogP contribution in [0.25, 0.3) is 6.08 Å². The predicted octanol–water partition coefficient (Wildman–Crippen LogP) is 4.14. The molecule has 0 amide bonds. The highest BCUT2D eigenvalue weighted by molar-refractivity contribution is 7.07. The van der Waals surface area contributed by atoms with Gasteiger partial charge in [-0.15, -0.1) is 0 Å². The molecule has 0 spiro atoms. The van der Waals surface area contributed by atoms with E-state index in [0.29, 0.717) is 32.0 Å². The highest BCUT2D eigenvalue weighted by atomic mass is 32.1. The van der Waals surface area contributed by atoms with E-state index in [2.05, 4.69) is 0 Å². The maximum absolute atomic E-state index is 14.1. The Labute approximate surface area is 231 Å². The number of carbonyl (C=O) groups is 1. The number of hydrogen-bond acceptors (Lipinski definition) is 7. The number of methoxy groups -OCH3 is 1. The average molecular weight is 563 g/mol. The Morgan fingerprint density at radius 3 is 2.67 bits per heavy atom. The lowest BCUT2D eigenvalue weighted by molar-refractivity contribution is -0.132. The van der Waals surface area contributed by atoms with Gasteiger partial charge in [0.05, 0.1) is 17.7 Å². The van der Waals surface area contributed by atoms with Crippen LogP contribution in [0.4, 0.5) is 8.78 Å². The third-order valence-electron chi connectivity index (χ3n) is 7.20. The molecule has 0 unspecified atom stereocenters. The summed E-state index contributed by atoms with van der Waals surface area (Å²) in [6.45, 7) is 3.23. The van der Waals surface area contributed by atoms with Crippen molar-refractivity contribution in [3.63, 3.8) is 0 Å². The number of benzene rings is 3. The molecule has 0 saturated carbocycles. The number of thiazole rings is 1. The predicted molar refractivity (Wildman–Crippen MR) is 144 cm³/mol. The van der Waals surface area contributed by atoms with Gasteiger partial charge in [-0.25, -0.2) is 13.8 Å². The van der Waals surface area contributed by atoms with Gasteiger partial charge in [-0.1, -0.05) is 35.6 Å². The molecular weight excluding hydrogens is 538 g/mol. The van der Waals surface area contributed by atoms with Crippen molar-refractivity contribution in [1.29, 1.82) is 0 Å². The lowest BCUT2D eigenvalue weighted by Crippen LogP contribution is -2.58. The summed E-state index contributed by atoms with van der Waals surface area (Å²) in [5, 5.41) is 0. The van der Waals surface area contributed by atoms with Crippen molar-refractivity contribution in [3.05, 3.63) is 109 Å². The summed E-state index contributed by atoms with van der Waals surface area (Å²) in [5.41, 5.74) is 0.651. The van der Waals surface area contributed by atoms with Gasteiger partial charge in [0.2, 0.25) is 5.72 Å². The van der Waals surface area contributed by atoms with Crippen molar-refractivity contribution in [3.8, 4) is 17.2 Å². The van der Waals surface area contributed by atoms with Crippen LogP contribution in [0.3, 0.4) is 0 Å². The molecular formula is C30H24F2N2O5S. The summed E-state index contributed by atoms with van der Waals surface area (Å²) < 4.78 is 46.6. The molecule has 0 N–H and O–H groups in total. The Bertz CT molecular complexity index is 1850. The van der Waals surface area contributed by atoms with Crippen LogP contribution >= 0.6 is 11.3 Å². The molecule has 7 nitrogen and oxygen atoms in total. The minimum Gasteiger partial charge on any atom is -0.496 e. The van der Waals surface area contributed by atoms with E-state index in [9.17, 15) is 18.4 Å². The van der Waals surface area contributed by atoms with Crippen LogP contribution in [0.1, 0.15) is 36.6 Å². The molecule has 3 aromatic carbocycles. The molecule has 10 heteroatoms. The quantitative estimate of drug-likeness (QED) is 0.353. The zero-order valence-electron chi connectivity index (χ0n) is 21.8. The van der Waals surface area contributed by atoms with Crippen molar-refractivity contribution < 1.29 is 27.8 Å². The minimum atomic E-state index is -1.14. The van der Waals surface area contributed by atoms with Gasteiger partial charge in [0.25, 0.3) is 5.56 Å². The van der Waals surface area contributed by atoms with Crippen LogP contribution in [0, 0.1) is 17.6 Å². The minimum absolute atomic E-state index is 0.0441. The number of ether oxygens (including phenoxy) is 3. The molecule has 1 aromatic heterocycles. The number of para-hydroxylation sites is 1. The fourth-order valence-corrected chi connectivity index (χ4v) is 6.56. The number of nitrogens with zero attached hydrogens (tertiary/aromatic N) is 2. The fraction of sp³-hybridized carbons (Fsp3) is 0.233. The topological polar surface area (TPSA) is 79.1 Å². The van der Waals surface area contributed by atoms with E-state index in [1.165, 1.54) is 31.4 Å². The first-order chi connectivity index (χ1) is 19.2. The van der Waals surface area contributed by atoms with E-state index in [0.717, 1.165) is 17.7 Å². The first-order valence-corrected chi connectivity index (χ1v) is 13.4. The van der Waals surface area contributed by atoms with Gasteiger partial charge in [0.1, 0.15) is 35.6 Å². The summed E-state index contributed by atoms with van der Waals surface area (Å²) in [7, 11) is 1.51. The molecule has 3 atom stereocenters. The van der Waals surface area contributed by atoms with Gasteiger partial charge >= 0.3 is 0 Å². The van der Waals surface area contributed by atoms with E-state index >= 15 is 0 Å². The highest BCUT2D eigenvalue weighted by Crippen LogP contribution is 2.47. The standard InChI is InChI=1S/C30H24F2N2O5S/c1-16(35)26-27-20-6-4-5-7-23(20)39-30(26,2)33-29-34(27)28(36)25(40-29)13-17-8-10-22(37-3)18(12-17)15-38-24-11-9-19(31)14-21(24)32/h4-14,26-27H,15H2,1-3H3/b25-13+/t26-,27-,30+/m0/s1. The van der Waals surface area contributed by atoms with Crippen LogP contribution < -0.4 is 29.1 Å². The highest BCUT2D eigenvalue weighted by Gasteiger charge is 2.53. The second-order valence-corrected chi connectivity index (χ2v) is 10.9. The average Bonchev–Trinajstić information content (AvgIpc) is 3.20. The Hall–Kier alpha value is -4.31. The van der Waals surface area contributed by atoms with Gasteiger partial charge in [-0.05, 0) is 55.8 Å². The van der Waals surface area contributed by atoms with Gasteiger partial charge in [-0.3, -0.25) is 14.2 Å². The molecule has 0 fully saturated rings. The molecule has 40 heavy (non-hydrogen) atoms. The number of halogens is 2. The number of hydrogen-bond donors (Lipinski definition) is 0. The fourth-order valence-electron chi connectivity index (χ4n) is 5.46. The summed E-state index contributed by atoms with van der Waals surface area (Å²) in [6, 6.07) is 15.2. The lowest BCUT2D eigenvalue weighted by Gasteiger charge is -2.45. The third kappa shape index (κ3) is 4.28. The van der Waals surface area contributed by atoms with Crippen molar-refractivity contribution in [2.24, 2.45) is 10.9 Å². The van der Waals surface area contributed by atoms with E-state index < -0.39 is 29.3 Å². The maximum atomic E-state index is 14.1. The Balaban J connectivity index is 1.42. The van der Waals surface area contributed by atoms with Crippen molar-refractivity contribution in [2.45, 2.75) is 32.2 Å². The number of aromatic nitrogens is 1. The van der Waals surface area contributed by atoms with Crippen molar-refractivity contribution in [1.82, 2.24) is 4.57 Å². The Morgan fingerprint density at radius 1 is 1.15 bits per heavy atom. The molecule has 3 heterocycles. The van der Waals surface area contributed by atoms with Crippen LogP contribution in [0.2, 0.25) is 0 Å². The van der Waals surface area contributed by atoms with E-state index in [4.69, 9.17) is 19.2 Å². The van der Waals surface area contributed by atoms with Gasteiger partial charge in [0, 0.05) is 17.2 Å². The summed E-state index contributed by atoms with van der Waals surface area (Å²) in [4.78, 5) is 31.8. The van der Waals surface area contributed by atoms with Gasteiger partial charge in [0.15, 0.2) is 16.4 Å². The number of fused-ring (bicyclic) bond motifs is 6. The van der Waals surface area contributed by atoms with Crippen LogP contribution in [0.15, 0.2) is 70.5 Å². The monoisotopic (exact) mass is 562 g/mol. The summed E-state index contributed by atoms with van der Waals surface area (Å²) in [6.07, 6.45) is 1.73. The smallest absolute Gasteiger partial charge is 0.270 e. The second-order valence-electron chi connectivity index (χ2n) is 9.84. The molecule has 2 aliphatic rings. The lowest BCUT2D eigenvalue weighted by atomic mass is 9.79. The van der Waals surface area contributed by atoms with Crippen molar-refractivity contribution in [2.75, 3.05) is 7.11 Å². The van der Waals surface area contributed by atoms with Crippen LogP contribution in [-0.4, -0.2) is 23.2 Å².